The number of alkyl halides is 3. The fraction of sp³-hybridized carbons (Fsp3) is 0.214. The van der Waals surface area contributed by atoms with Gasteiger partial charge in [-0.3, -0.25) is 15.2 Å². The Balaban J connectivity index is 1.73. The van der Waals surface area contributed by atoms with Crippen LogP contribution in [-0.4, -0.2) is 36.1 Å². The van der Waals surface area contributed by atoms with E-state index in [-0.39, 0.29) is 23.8 Å². The second kappa shape index (κ2) is 6.54. The van der Waals surface area contributed by atoms with Crippen molar-refractivity contribution in [3.63, 3.8) is 0 Å². The van der Waals surface area contributed by atoms with Gasteiger partial charge in [-0.05, 0) is 24.6 Å². The highest BCUT2D eigenvalue weighted by molar-refractivity contribution is 6.01. The highest BCUT2D eigenvalue weighted by atomic mass is 19.4. The SMILES string of the molecule is Cc1nc(NC(=O)c2cn(Cc3ccc(F)c(C(F)(F)F)c3)nn2)n[nH]1. The van der Waals surface area contributed by atoms with Crippen molar-refractivity contribution >= 4 is 11.9 Å². The predicted molar refractivity (Wildman–Crippen MR) is 79.6 cm³/mol. The number of nitrogens with zero attached hydrogens (tertiary/aromatic N) is 5. The van der Waals surface area contributed by atoms with Gasteiger partial charge in [0.1, 0.15) is 11.6 Å². The lowest BCUT2D eigenvalue weighted by Crippen LogP contribution is -2.13. The molecule has 1 aromatic carbocycles. The monoisotopic (exact) mass is 369 g/mol. The van der Waals surface area contributed by atoms with E-state index in [1.54, 1.807) is 6.92 Å². The molecule has 2 aromatic heterocycles. The first kappa shape index (κ1) is 17.5. The minimum absolute atomic E-state index is 0.0513. The van der Waals surface area contributed by atoms with E-state index in [0.29, 0.717) is 11.9 Å². The van der Waals surface area contributed by atoms with Crippen LogP contribution in [0.25, 0.3) is 0 Å². The molecule has 0 saturated carbocycles. The standard InChI is InChI=1S/C14H11F4N7O/c1-7-19-13(23-21-7)20-12(26)11-6-25(24-22-11)5-8-2-3-10(15)9(4-8)14(16,17)18/h2-4,6H,5H2,1H3,(H2,19,20,21,23,26). The van der Waals surface area contributed by atoms with Gasteiger partial charge in [0.15, 0.2) is 5.69 Å². The lowest BCUT2D eigenvalue weighted by Gasteiger charge is -2.09. The number of benzene rings is 1. The molecule has 1 amide bonds. The normalized spacial score (nSPS) is 11.6. The van der Waals surface area contributed by atoms with E-state index >= 15 is 0 Å². The minimum atomic E-state index is -4.80. The van der Waals surface area contributed by atoms with Crippen LogP contribution in [0.3, 0.4) is 0 Å². The number of rotatable bonds is 4. The van der Waals surface area contributed by atoms with Gasteiger partial charge in [-0.1, -0.05) is 11.3 Å². The van der Waals surface area contributed by atoms with E-state index in [9.17, 15) is 22.4 Å². The first-order valence-electron chi connectivity index (χ1n) is 7.18. The zero-order valence-electron chi connectivity index (χ0n) is 13.2. The summed E-state index contributed by atoms with van der Waals surface area (Å²) >= 11 is 0. The quantitative estimate of drug-likeness (QED) is 0.687. The molecule has 136 valence electrons. The zero-order chi connectivity index (χ0) is 18.9. The number of H-pyrrole nitrogens is 1. The largest absolute Gasteiger partial charge is 0.419 e. The number of amides is 1. The minimum Gasteiger partial charge on any atom is -0.288 e. The first-order valence-corrected chi connectivity index (χ1v) is 7.18. The Morgan fingerprint density at radius 2 is 2.12 bits per heavy atom. The fourth-order valence-electron chi connectivity index (χ4n) is 2.12. The molecule has 0 bridgehead atoms. The summed E-state index contributed by atoms with van der Waals surface area (Å²) in [4.78, 5) is 15.9. The Kier molecular flexibility index (Phi) is 4.40. The van der Waals surface area contributed by atoms with E-state index in [4.69, 9.17) is 0 Å². The zero-order valence-corrected chi connectivity index (χ0v) is 13.2. The van der Waals surface area contributed by atoms with Crippen LogP contribution in [0.15, 0.2) is 24.4 Å². The predicted octanol–water partition coefficient (Wildman–Crippen LogP) is 2.16. The lowest BCUT2D eigenvalue weighted by molar-refractivity contribution is -0.140. The van der Waals surface area contributed by atoms with Crippen LogP contribution >= 0.6 is 0 Å². The third-order valence-corrected chi connectivity index (χ3v) is 3.27. The number of hydrogen-bond donors (Lipinski definition) is 2. The Morgan fingerprint density at radius 1 is 1.35 bits per heavy atom. The van der Waals surface area contributed by atoms with Gasteiger partial charge in [0.2, 0.25) is 5.95 Å². The van der Waals surface area contributed by atoms with Crippen LogP contribution in [0.5, 0.6) is 0 Å². The lowest BCUT2D eigenvalue weighted by atomic mass is 10.1. The van der Waals surface area contributed by atoms with E-state index in [0.717, 1.165) is 10.7 Å². The molecule has 3 rings (SSSR count). The number of aromatic nitrogens is 6. The molecule has 0 radical (unpaired) electrons. The molecule has 0 aliphatic heterocycles. The molecule has 12 heteroatoms. The molecule has 2 heterocycles. The number of hydrogen-bond acceptors (Lipinski definition) is 5. The van der Waals surface area contributed by atoms with Crippen LogP contribution in [0.1, 0.15) is 27.4 Å². The summed E-state index contributed by atoms with van der Waals surface area (Å²) in [5.41, 5.74) is -1.29. The smallest absolute Gasteiger partial charge is 0.288 e. The molecule has 26 heavy (non-hydrogen) atoms. The molecule has 0 aliphatic rings. The summed E-state index contributed by atoms with van der Waals surface area (Å²) < 4.78 is 52.7. The number of nitrogens with one attached hydrogen (secondary N) is 2. The van der Waals surface area contributed by atoms with Crippen molar-refractivity contribution in [2.24, 2.45) is 0 Å². The Labute approximate surface area is 143 Å². The number of anilines is 1. The Morgan fingerprint density at radius 3 is 2.77 bits per heavy atom. The second-order valence-corrected chi connectivity index (χ2v) is 5.31. The maximum absolute atomic E-state index is 13.3. The van der Waals surface area contributed by atoms with E-state index in [1.807, 2.05) is 0 Å². The van der Waals surface area contributed by atoms with Crippen LogP contribution < -0.4 is 5.32 Å². The van der Waals surface area contributed by atoms with Crippen LogP contribution in [0, 0.1) is 12.7 Å². The Bertz CT molecular complexity index is 947. The van der Waals surface area contributed by atoms with E-state index < -0.39 is 23.5 Å². The van der Waals surface area contributed by atoms with Gasteiger partial charge in [0, 0.05) is 0 Å². The van der Waals surface area contributed by atoms with E-state index in [1.165, 1.54) is 12.3 Å². The fourth-order valence-corrected chi connectivity index (χ4v) is 2.12. The van der Waals surface area contributed by atoms with Crippen molar-refractivity contribution in [2.45, 2.75) is 19.6 Å². The summed E-state index contributed by atoms with van der Waals surface area (Å²) in [6, 6.07) is 2.61. The molecular formula is C14H11F4N7O. The van der Waals surface area contributed by atoms with Gasteiger partial charge in [-0.15, -0.1) is 10.2 Å². The van der Waals surface area contributed by atoms with Gasteiger partial charge in [0.05, 0.1) is 18.3 Å². The molecule has 8 nitrogen and oxygen atoms in total. The Hall–Kier alpha value is -3.31. The summed E-state index contributed by atoms with van der Waals surface area (Å²) in [6.45, 7) is 1.53. The highest BCUT2D eigenvalue weighted by Crippen LogP contribution is 2.32. The molecule has 0 saturated heterocycles. The molecule has 0 spiro atoms. The van der Waals surface area contributed by atoms with Gasteiger partial charge in [0.25, 0.3) is 5.91 Å². The first-order chi connectivity index (χ1) is 12.2. The number of carbonyl (C=O) groups is 1. The number of aromatic amines is 1. The van der Waals surface area contributed by atoms with Gasteiger partial charge >= 0.3 is 6.18 Å². The van der Waals surface area contributed by atoms with Crippen LogP contribution in [-0.2, 0) is 12.7 Å². The summed E-state index contributed by atoms with van der Waals surface area (Å²) in [5, 5.41) is 16.0. The number of halogens is 4. The molecule has 0 fully saturated rings. The van der Waals surface area contributed by atoms with Crippen LogP contribution in [0.2, 0.25) is 0 Å². The third kappa shape index (κ3) is 3.84. The van der Waals surface area contributed by atoms with E-state index in [2.05, 4.69) is 30.8 Å². The van der Waals surface area contributed by atoms with Gasteiger partial charge < -0.3 is 0 Å². The molecule has 2 N–H and O–H groups in total. The highest BCUT2D eigenvalue weighted by Gasteiger charge is 2.34. The molecule has 0 atom stereocenters. The topological polar surface area (TPSA) is 101 Å². The summed E-state index contributed by atoms with van der Waals surface area (Å²) in [7, 11) is 0. The average Bonchev–Trinajstić information content (AvgIpc) is 3.17. The molecule has 0 aliphatic carbocycles. The third-order valence-electron chi connectivity index (χ3n) is 3.27. The van der Waals surface area contributed by atoms with Crippen LogP contribution in [0.4, 0.5) is 23.5 Å². The van der Waals surface area contributed by atoms with Crippen molar-refractivity contribution in [1.29, 1.82) is 0 Å². The van der Waals surface area contributed by atoms with Crippen molar-refractivity contribution in [1.82, 2.24) is 30.2 Å². The number of carbonyl (C=O) groups excluding carboxylic acids is 1. The maximum Gasteiger partial charge on any atom is 0.419 e. The van der Waals surface area contributed by atoms with Gasteiger partial charge in [-0.2, -0.15) is 18.2 Å². The second-order valence-electron chi connectivity index (χ2n) is 5.31. The molecule has 3 aromatic rings. The molecule has 0 unspecified atom stereocenters. The maximum atomic E-state index is 13.3. The van der Waals surface area contributed by atoms with Crippen molar-refractivity contribution in [3.8, 4) is 0 Å². The van der Waals surface area contributed by atoms with Crippen molar-refractivity contribution < 1.29 is 22.4 Å². The average molecular weight is 369 g/mol. The molecular weight excluding hydrogens is 358 g/mol. The summed E-state index contributed by atoms with van der Waals surface area (Å²) in [6.07, 6.45) is -3.56. The van der Waals surface area contributed by atoms with Crippen molar-refractivity contribution in [3.05, 3.63) is 52.9 Å². The number of aryl methyl sites for hydroxylation is 1. The van der Waals surface area contributed by atoms with Crippen molar-refractivity contribution in [2.75, 3.05) is 5.32 Å². The van der Waals surface area contributed by atoms with Gasteiger partial charge in [-0.25, -0.2) is 9.07 Å². The summed E-state index contributed by atoms with van der Waals surface area (Å²) in [5.74, 6) is -1.44.